The highest BCUT2D eigenvalue weighted by Gasteiger charge is 2.02. The second-order valence-electron chi connectivity index (χ2n) is 2.20. The van der Waals surface area contributed by atoms with Gasteiger partial charge in [0, 0.05) is 5.02 Å². The van der Waals surface area contributed by atoms with Crippen molar-refractivity contribution in [2.45, 2.75) is 26.9 Å². The van der Waals surface area contributed by atoms with E-state index >= 15 is 0 Å². The summed E-state index contributed by atoms with van der Waals surface area (Å²) in [6.07, 6.45) is -0.478. The highest BCUT2D eigenvalue weighted by Crippen LogP contribution is 2.21. The molecule has 0 spiro atoms. The van der Waals surface area contributed by atoms with Crippen LogP contribution in [-0.4, -0.2) is 5.11 Å². The summed E-state index contributed by atoms with van der Waals surface area (Å²) in [6, 6.07) is 7.28. The fraction of sp³-hybridized carbons (Fsp3) is 0.400. The van der Waals surface area contributed by atoms with E-state index in [4.69, 9.17) is 16.7 Å². The van der Waals surface area contributed by atoms with Gasteiger partial charge < -0.3 is 5.11 Å². The van der Waals surface area contributed by atoms with E-state index in [2.05, 4.69) is 0 Å². The van der Waals surface area contributed by atoms with Gasteiger partial charge in [0.05, 0.1) is 6.10 Å². The second-order valence-corrected chi connectivity index (χ2v) is 2.60. The number of halogens is 1. The average molecular weight is 187 g/mol. The minimum atomic E-state index is -0.478. The first kappa shape index (κ1) is 11.5. The Bertz CT molecular complexity index is 221. The molecular weight excluding hydrogens is 172 g/mol. The summed E-state index contributed by atoms with van der Waals surface area (Å²) in [5.74, 6) is 0. The minimum absolute atomic E-state index is 0.478. The van der Waals surface area contributed by atoms with Crippen LogP contribution in [0, 0.1) is 0 Å². The van der Waals surface area contributed by atoms with Gasteiger partial charge in [-0.3, -0.25) is 0 Å². The summed E-state index contributed by atoms with van der Waals surface area (Å²) >= 11 is 5.76. The highest BCUT2D eigenvalue weighted by atomic mass is 35.5. The molecule has 0 fully saturated rings. The van der Waals surface area contributed by atoms with Crippen LogP contribution in [0.2, 0.25) is 5.02 Å². The van der Waals surface area contributed by atoms with Crippen LogP contribution in [0.15, 0.2) is 24.3 Å². The summed E-state index contributed by atoms with van der Waals surface area (Å²) in [7, 11) is 0. The predicted molar refractivity (Wildman–Crippen MR) is 53.4 cm³/mol. The predicted octanol–water partition coefficient (Wildman–Crippen LogP) is 3.42. The fourth-order valence-electron chi connectivity index (χ4n) is 0.814. The van der Waals surface area contributed by atoms with Crippen molar-refractivity contribution in [1.82, 2.24) is 0 Å². The third kappa shape index (κ3) is 3.24. The van der Waals surface area contributed by atoms with Gasteiger partial charge in [0.2, 0.25) is 0 Å². The lowest BCUT2D eigenvalue weighted by atomic mass is 10.1. The smallest absolute Gasteiger partial charge is 0.0776 e. The maximum Gasteiger partial charge on any atom is 0.0776 e. The molecule has 0 aliphatic heterocycles. The first-order valence-corrected chi connectivity index (χ1v) is 4.52. The van der Waals surface area contributed by atoms with Crippen molar-refractivity contribution in [3.63, 3.8) is 0 Å². The Labute approximate surface area is 79.0 Å². The van der Waals surface area contributed by atoms with Crippen molar-refractivity contribution in [2.75, 3.05) is 0 Å². The molecule has 0 aromatic heterocycles. The van der Waals surface area contributed by atoms with Gasteiger partial charge in [-0.25, -0.2) is 0 Å². The molecule has 0 bridgehead atoms. The molecule has 12 heavy (non-hydrogen) atoms. The molecule has 0 aliphatic carbocycles. The normalized spacial score (nSPS) is 11.4. The van der Waals surface area contributed by atoms with Crippen LogP contribution in [0.1, 0.15) is 32.4 Å². The van der Waals surface area contributed by atoms with Crippen molar-refractivity contribution >= 4 is 11.6 Å². The molecule has 1 unspecified atom stereocenters. The second kappa shape index (κ2) is 6.04. The molecule has 2 heteroatoms. The maximum atomic E-state index is 9.12. The van der Waals surface area contributed by atoms with Crippen molar-refractivity contribution in [2.24, 2.45) is 0 Å². The van der Waals surface area contributed by atoms with E-state index in [1.807, 2.05) is 32.0 Å². The Kier molecular flexibility index (Phi) is 5.77. The Morgan fingerprint density at radius 2 is 1.75 bits per heavy atom. The lowest BCUT2D eigenvalue weighted by Crippen LogP contribution is -1.90. The Morgan fingerprint density at radius 1 is 1.25 bits per heavy atom. The number of hydrogen-bond donors (Lipinski definition) is 1. The molecule has 0 aliphatic rings. The lowest BCUT2D eigenvalue weighted by molar-refractivity contribution is 0.199. The van der Waals surface area contributed by atoms with Gasteiger partial charge in [-0.1, -0.05) is 43.6 Å². The number of aliphatic hydroxyl groups is 1. The van der Waals surface area contributed by atoms with Crippen LogP contribution in [-0.2, 0) is 0 Å². The van der Waals surface area contributed by atoms with Crippen molar-refractivity contribution in [3.8, 4) is 0 Å². The van der Waals surface area contributed by atoms with Gasteiger partial charge in [0.1, 0.15) is 0 Å². The molecule has 1 aromatic carbocycles. The molecular formula is C10H15ClO. The molecule has 1 atom stereocenters. The van der Waals surface area contributed by atoms with Crippen molar-refractivity contribution in [3.05, 3.63) is 34.9 Å². The zero-order chi connectivity index (χ0) is 9.56. The van der Waals surface area contributed by atoms with Gasteiger partial charge in [0.25, 0.3) is 0 Å². The Morgan fingerprint density at radius 3 is 2.08 bits per heavy atom. The number of benzene rings is 1. The molecule has 0 saturated heterocycles. The molecule has 1 aromatic rings. The van der Waals surface area contributed by atoms with Crippen LogP contribution in [0.5, 0.6) is 0 Å². The summed E-state index contributed by atoms with van der Waals surface area (Å²) in [5, 5.41) is 9.74. The number of rotatable bonds is 1. The monoisotopic (exact) mass is 186 g/mol. The molecule has 0 amide bonds. The minimum Gasteiger partial charge on any atom is -0.389 e. The van der Waals surface area contributed by atoms with Crippen molar-refractivity contribution < 1.29 is 5.11 Å². The van der Waals surface area contributed by atoms with Crippen LogP contribution < -0.4 is 0 Å². The van der Waals surface area contributed by atoms with Crippen LogP contribution in [0.3, 0.4) is 0 Å². The van der Waals surface area contributed by atoms with Gasteiger partial charge in [0.15, 0.2) is 0 Å². The quantitative estimate of drug-likeness (QED) is 0.713. The zero-order valence-electron chi connectivity index (χ0n) is 7.71. The molecule has 0 radical (unpaired) electrons. The summed E-state index contributed by atoms with van der Waals surface area (Å²) < 4.78 is 0. The van der Waals surface area contributed by atoms with Crippen LogP contribution >= 0.6 is 11.6 Å². The largest absolute Gasteiger partial charge is 0.389 e. The number of aliphatic hydroxyl groups excluding tert-OH is 1. The van der Waals surface area contributed by atoms with E-state index < -0.39 is 6.10 Å². The van der Waals surface area contributed by atoms with Gasteiger partial charge in [-0.2, -0.15) is 0 Å². The van der Waals surface area contributed by atoms with E-state index in [0.717, 1.165) is 5.56 Å². The third-order valence-corrected chi connectivity index (χ3v) is 1.70. The van der Waals surface area contributed by atoms with Crippen molar-refractivity contribution in [1.29, 1.82) is 0 Å². The van der Waals surface area contributed by atoms with Gasteiger partial charge >= 0.3 is 0 Å². The highest BCUT2D eigenvalue weighted by molar-refractivity contribution is 6.31. The summed E-state index contributed by atoms with van der Waals surface area (Å²) in [4.78, 5) is 0. The standard InChI is InChI=1S/C8H9ClO.C2H6/c1-6(10)7-4-2-3-5-8(7)9;1-2/h2-6,10H,1H3;1-2H3. The molecule has 1 rings (SSSR count). The third-order valence-electron chi connectivity index (χ3n) is 1.36. The maximum absolute atomic E-state index is 9.12. The average Bonchev–Trinajstić information content (AvgIpc) is 2.08. The Balaban J connectivity index is 0.000000561. The first-order chi connectivity index (χ1) is 5.72. The molecule has 1 nitrogen and oxygen atoms in total. The summed E-state index contributed by atoms with van der Waals surface area (Å²) in [6.45, 7) is 5.70. The Hall–Kier alpha value is -0.530. The van der Waals surface area contributed by atoms with E-state index in [1.54, 1.807) is 13.0 Å². The van der Waals surface area contributed by atoms with E-state index in [1.165, 1.54) is 0 Å². The first-order valence-electron chi connectivity index (χ1n) is 4.14. The molecule has 1 N–H and O–H groups in total. The number of hydrogen-bond acceptors (Lipinski definition) is 1. The van der Waals surface area contributed by atoms with E-state index in [-0.39, 0.29) is 0 Å². The van der Waals surface area contributed by atoms with E-state index in [0.29, 0.717) is 5.02 Å². The van der Waals surface area contributed by atoms with Gasteiger partial charge in [-0.05, 0) is 18.6 Å². The lowest BCUT2D eigenvalue weighted by Gasteiger charge is -2.04. The molecule has 0 heterocycles. The molecule has 0 saturated carbocycles. The summed E-state index contributed by atoms with van der Waals surface area (Å²) in [5.41, 5.74) is 0.782. The van der Waals surface area contributed by atoms with E-state index in [9.17, 15) is 0 Å². The fourth-order valence-corrected chi connectivity index (χ4v) is 1.11. The molecule has 68 valence electrons. The SMILES string of the molecule is CC.CC(O)c1ccccc1Cl. The van der Waals surface area contributed by atoms with Gasteiger partial charge in [-0.15, -0.1) is 0 Å². The zero-order valence-corrected chi connectivity index (χ0v) is 8.47. The van der Waals surface area contributed by atoms with Crippen LogP contribution in [0.25, 0.3) is 0 Å². The van der Waals surface area contributed by atoms with Crippen LogP contribution in [0.4, 0.5) is 0 Å². The topological polar surface area (TPSA) is 20.2 Å².